The molecular weight excluding hydrogens is 302 g/mol. The number of aliphatic hydroxyl groups is 2. The molecule has 128 valence electrons. The lowest BCUT2D eigenvalue weighted by Crippen LogP contribution is -2.44. The fourth-order valence-corrected chi connectivity index (χ4v) is 3.27. The highest BCUT2D eigenvalue weighted by Gasteiger charge is 2.49. The highest BCUT2D eigenvalue weighted by Crippen LogP contribution is 2.45. The van der Waals surface area contributed by atoms with Gasteiger partial charge in [0, 0.05) is 30.1 Å². The number of nitrogens with zero attached hydrogens (tertiary/aromatic N) is 1. The lowest BCUT2D eigenvalue weighted by atomic mass is 9.90. The van der Waals surface area contributed by atoms with Crippen molar-refractivity contribution in [1.82, 2.24) is 4.90 Å². The van der Waals surface area contributed by atoms with Gasteiger partial charge in [0.25, 0.3) is 5.91 Å². The monoisotopic (exact) mass is 327 g/mol. The Morgan fingerprint density at radius 2 is 2.12 bits per heavy atom. The third kappa shape index (κ3) is 3.98. The summed E-state index contributed by atoms with van der Waals surface area (Å²) >= 11 is 0. The predicted molar refractivity (Wildman–Crippen MR) is 92.4 cm³/mol. The quantitative estimate of drug-likeness (QED) is 0.819. The minimum absolute atomic E-state index is 0.00383. The molecule has 1 aliphatic heterocycles. The number of carbonyl (C=O) groups is 1. The number of likely N-dealkylation sites (tertiary alicyclic amines) is 1. The Morgan fingerprint density at radius 1 is 1.38 bits per heavy atom. The van der Waals surface area contributed by atoms with Crippen molar-refractivity contribution in [2.24, 2.45) is 5.92 Å². The molecule has 0 aromatic heterocycles. The van der Waals surface area contributed by atoms with Crippen molar-refractivity contribution in [3.63, 3.8) is 0 Å². The summed E-state index contributed by atoms with van der Waals surface area (Å²) in [4.78, 5) is 14.6. The van der Waals surface area contributed by atoms with Gasteiger partial charge in [-0.25, -0.2) is 0 Å². The zero-order valence-corrected chi connectivity index (χ0v) is 14.4. The van der Waals surface area contributed by atoms with E-state index < -0.39 is 11.2 Å². The summed E-state index contributed by atoms with van der Waals surface area (Å²) in [5.41, 5.74) is -0.253. The van der Waals surface area contributed by atoms with Crippen LogP contribution < -0.4 is 0 Å². The van der Waals surface area contributed by atoms with Crippen LogP contribution in [0, 0.1) is 17.8 Å². The maximum absolute atomic E-state index is 12.8. The number of carbonyl (C=O) groups excluding carboxylic acids is 1. The number of rotatable bonds is 2. The molecule has 1 unspecified atom stereocenters. The van der Waals surface area contributed by atoms with Crippen LogP contribution in [-0.4, -0.2) is 45.3 Å². The highest BCUT2D eigenvalue weighted by molar-refractivity contribution is 5.94. The molecule has 4 heteroatoms. The van der Waals surface area contributed by atoms with Crippen LogP contribution in [0.1, 0.15) is 55.5 Å². The van der Waals surface area contributed by atoms with Gasteiger partial charge in [0.2, 0.25) is 0 Å². The van der Waals surface area contributed by atoms with Gasteiger partial charge in [-0.15, -0.1) is 0 Å². The second-order valence-corrected chi connectivity index (χ2v) is 7.58. The standard InChI is InChI=1S/C20H25NO3/c1-19(2,23)9-8-15-5-3-6-16(13-15)18(22)21-12-4-7-17(14-21)20(24)10-11-20/h3,5-6,13,17,23-24H,4,7,10-12,14H2,1-2H3. The van der Waals surface area contributed by atoms with E-state index in [2.05, 4.69) is 11.8 Å². The van der Waals surface area contributed by atoms with E-state index in [9.17, 15) is 15.0 Å². The zero-order chi connectivity index (χ0) is 17.4. The van der Waals surface area contributed by atoms with Gasteiger partial charge in [-0.05, 0) is 57.7 Å². The SMILES string of the molecule is CC(C)(O)C#Cc1cccc(C(=O)N2CCCC(C3(O)CC3)C2)c1. The van der Waals surface area contributed by atoms with Gasteiger partial charge in [0.1, 0.15) is 5.60 Å². The van der Waals surface area contributed by atoms with Crippen molar-refractivity contribution >= 4 is 5.91 Å². The van der Waals surface area contributed by atoms with Crippen molar-refractivity contribution in [1.29, 1.82) is 0 Å². The normalized spacial score (nSPS) is 22.5. The summed E-state index contributed by atoms with van der Waals surface area (Å²) in [6.07, 6.45) is 3.66. The average molecular weight is 327 g/mol. The van der Waals surface area contributed by atoms with E-state index >= 15 is 0 Å². The van der Waals surface area contributed by atoms with Crippen LogP contribution in [0.3, 0.4) is 0 Å². The van der Waals surface area contributed by atoms with Crippen molar-refractivity contribution in [3.8, 4) is 11.8 Å². The van der Waals surface area contributed by atoms with Gasteiger partial charge in [-0.2, -0.15) is 0 Å². The molecule has 4 nitrogen and oxygen atoms in total. The molecule has 1 aromatic carbocycles. The molecule has 2 N–H and O–H groups in total. The molecule has 0 radical (unpaired) electrons. The second-order valence-electron chi connectivity index (χ2n) is 7.58. The lowest BCUT2D eigenvalue weighted by Gasteiger charge is -2.35. The van der Waals surface area contributed by atoms with Crippen LogP contribution in [0.2, 0.25) is 0 Å². The number of piperidine rings is 1. The number of benzene rings is 1. The zero-order valence-electron chi connectivity index (χ0n) is 14.4. The van der Waals surface area contributed by atoms with E-state index in [0.717, 1.165) is 37.8 Å². The van der Waals surface area contributed by atoms with Gasteiger partial charge in [-0.3, -0.25) is 4.79 Å². The summed E-state index contributed by atoms with van der Waals surface area (Å²) in [5.74, 6) is 5.88. The molecule has 0 bridgehead atoms. The van der Waals surface area contributed by atoms with E-state index in [4.69, 9.17) is 0 Å². The summed E-state index contributed by atoms with van der Waals surface area (Å²) in [5, 5.41) is 20.0. The van der Waals surface area contributed by atoms with E-state index in [1.807, 2.05) is 17.0 Å². The molecule has 24 heavy (non-hydrogen) atoms. The molecule has 1 saturated heterocycles. The average Bonchev–Trinajstić information content (AvgIpc) is 3.31. The number of amides is 1. The third-order valence-electron chi connectivity index (χ3n) is 4.85. The van der Waals surface area contributed by atoms with Crippen LogP contribution >= 0.6 is 0 Å². The first-order valence-electron chi connectivity index (χ1n) is 8.64. The van der Waals surface area contributed by atoms with Gasteiger partial charge >= 0.3 is 0 Å². The van der Waals surface area contributed by atoms with Gasteiger partial charge < -0.3 is 15.1 Å². The maximum atomic E-state index is 12.8. The smallest absolute Gasteiger partial charge is 0.253 e. The molecule has 1 atom stereocenters. The Bertz CT molecular complexity index is 689. The lowest BCUT2D eigenvalue weighted by molar-refractivity contribution is 0.0282. The largest absolute Gasteiger partial charge is 0.390 e. The Labute approximate surface area is 143 Å². The van der Waals surface area contributed by atoms with E-state index in [1.54, 1.807) is 26.0 Å². The summed E-state index contributed by atoms with van der Waals surface area (Å²) < 4.78 is 0. The van der Waals surface area contributed by atoms with Crippen LogP contribution in [0.4, 0.5) is 0 Å². The minimum Gasteiger partial charge on any atom is -0.390 e. The van der Waals surface area contributed by atoms with Crippen molar-refractivity contribution < 1.29 is 15.0 Å². The summed E-state index contributed by atoms with van der Waals surface area (Å²) in [6, 6.07) is 7.22. The molecule has 1 saturated carbocycles. The molecule has 0 spiro atoms. The molecular formula is C20H25NO3. The van der Waals surface area contributed by atoms with E-state index in [-0.39, 0.29) is 11.8 Å². The van der Waals surface area contributed by atoms with Crippen LogP contribution in [0.25, 0.3) is 0 Å². The van der Waals surface area contributed by atoms with Gasteiger partial charge in [-0.1, -0.05) is 17.9 Å². The fourth-order valence-electron chi connectivity index (χ4n) is 3.27. The van der Waals surface area contributed by atoms with Crippen LogP contribution in [0.15, 0.2) is 24.3 Å². The van der Waals surface area contributed by atoms with Crippen molar-refractivity contribution in [3.05, 3.63) is 35.4 Å². The maximum Gasteiger partial charge on any atom is 0.253 e. The molecule has 1 aliphatic carbocycles. The summed E-state index contributed by atoms with van der Waals surface area (Å²) in [7, 11) is 0. The number of hydrogen-bond acceptors (Lipinski definition) is 3. The molecule has 2 aliphatic rings. The number of hydrogen-bond donors (Lipinski definition) is 2. The first-order valence-corrected chi connectivity index (χ1v) is 8.64. The molecule has 1 aromatic rings. The van der Waals surface area contributed by atoms with Crippen molar-refractivity contribution in [2.75, 3.05) is 13.1 Å². The summed E-state index contributed by atoms with van der Waals surface area (Å²) in [6.45, 7) is 4.64. The second kappa shape index (κ2) is 6.23. The Morgan fingerprint density at radius 3 is 2.79 bits per heavy atom. The first-order chi connectivity index (χ1) is 11.3. The van der Waals surface area contributed by atoms with E-state index in [0.29, 0.717) is 12.1 Å². The molecule has 1 heterocycles. The fraction of sp³-hybridized carbons (Fsp3) is 0.550. The van der Waals surface area contributed by atoms with E-state index in [1.165, 1.54) is 0 Å². The highest BCUT2D eigenvalue weighted by atomic mass is 16.3. The third-order valence-corrected chi connectivity index (χ3v) is 4.85. The van der Waals surface area contributed by atoms with Gasteiger partial charge in [0.05, 0.1) is 5.60 Å². The minimum atomic E-state index is -1.06. The van der Waals surface area contributed by atoms with Gasteiger partial charge in [0.15, 0.2) is 0 Å². The first kappa shape index (κ1) is 17.0. The predicted octanol–water partition coefficient (Wildman–Crippen LogP) is 2.19. The molecule has 3 rings (SSSR count). The Kier molecular flexibility index (Phi) is 4.42. The molecule has 1 amide bonds. The molecule has 2 fully saturated rings. The Hall–Kier alpha value is -1.83. The Balaban J connectivity index is 1.73. The van der Waals surface area contributed by atoms with Crippen LogP contribution in [0.5, 0.6) is 0 Å². The topological polar surface area (TPSA) is 60.8 Å². The van der Waals surface area contributed by atoms with Crippen molar-refractivity contribution in [2.45, 2.75) is 50.7 Å². The van der Waals surface area contributed by atoms with Crippen LogP contribution in [-0.2, 0) is 0 Å².